The summed E-state index contributed by atoms with van der Waals surface area (Å²) in [7, 11) is 1.89. The monoisotopic (exact) mass is 266 g/mol. The number of hydrogen-bond donors (Lipinski definition) is 1. The average Bonchev–Trinajstić information content (AvgIpc) is 2.34. The van der Waals surface area contributed by atoms with Gasteiger partial charge in [0.2, 0.25) is 0 Å². The molecule has 4 heteroatoms. The smallest absolute Gasteiger partial charge is 0.0671 e. The molecule has 2 rings (SSSR count). The Morgan fingerprint density at radius 2 is 2.00 bits per heavy atom. The summed E-state index contributed by atoms with van der Waals surface area (Å²) in [5.41, 5.74) is 2.87. The Hall–Kier alpha value is -1.09. The second kappa shape index (κ2) is 5.50. The number of benzene rings is 1. The van der Waals surface area contributed by atoms with Crippen molar-refractivity contribution >= 4 is 23.2 Å². The topological polar surface area (TPSA) is 24.9 Å². The molecule has 0 amide bonds. The van der Waals surface area contributed by atoms with Crippen molar-refractivity contribution < 1.29 is 0 Å². The molecule has 0 fully saturated rings. The normalized spacial score (nSPS) is 10.5. The Labute approximate surface area is 111 Å². The van der Waals surface area contributed by atoms with E-state index in [0.717, 1.165) is 23.4 Å². The predicted molar refractivity (Wildman–Crippen MR) is 72.5 cm³/mol. The number of halogens is 2. The van der Waals surface area contributed by atoms with E-state index >= 15 is 0 Å². The van der Waals surface area contributed by atoms with Crippen LogP contribution in [-0.2, 0) is 6.54 Å². The predicted octanol–water partition coefficient (Wildman–Crippen LogP) is 3.77. The number of nitrogens with one attached hydrogen (secondary N) is 1. The van der Waals surface area contributed by atoms with Crippen molar-refractivity contribution in [3.05, 3.63) is 52.3 Å². The first kappa shape index (κ1) is 12.4. The number of pyridine rings is 1. The van der Waals surface area contributed by atoms with Crippen molar-refractivity contribution in [3.8, 4) is 11.1 Å². The van der Waals surface area contributed by atoms with Gasteiger partial charge in [0.05, 0.1) is 15.7 Å². The van der Waals surface area contributed by atoms with Gasteiger partial charge in [-0.15, -0.1) is 0 Å². The van der Waals surface area contributed by atoms with E-state index in [1.54, 1.807) is 6.07 Å². The second-order valence-electron chi connectivity index (χ2n) is 3.67. The lowest BCUT2D eigenvalue weighted by atomic mass is 10.1. The summed E-state index contributed by atoms with van der Waals surface area (Å²) < 4.78 is 0. The van der Waals surface area contributed by atoms with Crippen molar-refractivity contribution in [1.29, 1.82) is 0 Å². The van der Waals surface area contributed by atoms with Crippen LogP contribution in [0.2, 0.25) is 10.0 Å². The highest BCUT2D eigenvalue weighted by Crippen LogP contribution is 2.32. The molecule has 0 bridgehead atoms. The van der Waals surface area contributed by atoms with Crippen LogP contribution in [0, 0.1) is 0 Å². The summed E-state index contributed by atoms with van der Waals surface area (Å²) in [6.45, 7) is 0.754. The molecule has 1 N–H and O–H groups in total. The molecule has 0 aliphatic rings. The molecule has 1 aromatic carbocycles. The minimum atomic E-state index is 0.559. The highest BCUT2D eigenvalue weighted by atomic mass is 35.5. The van der Waals surface area contributed by atoms with Crippen molar-refractivity contribution in [1.82, 2.24) is 10.3 Å². The van der Waals surface area contributed by atoms with E-state index in [2.05, 4.69) is 10.3 Å². The molecule has 0 unspecified atom stereocenters. The Morgan fingerprint density at radius 3 is 2.65 bits per heavy atom. The fourth-order valence-electron chi connectivity index (χ4n) is 1.60. The minimum absolute atomic E-state index is 0.559. The summed E-state index contributed by atoms with van der Waals surface area (Å²) in [5.74, 6) is 0. The van der Waals surface area contributed by atoms with Crippen molar-refractivity contribution in [2.45, 2.75) is 6.54 Å². The van der Waals surface area contributed by atoms with Crippen molar-refractivity contribution in [2.24, 2.45) is 0 Å². The van der Waals surface area contributed by atoms with Gasteiger partial charge in [0.25, 0.3) is 0 Å². The van der Waals surface area contributed by atoms with E-state index in [-0.39, 0.29) is 0 Å². The number of nitrogens with zero attached hydrogens (tertiary/aromatic N) is 1. The minimum Gasteiger partial charge on any atom is -0.314 e. The Bertz CT molecular complexity index is 509. The van der Waals surface area contributed by atoms with Crippen LogP contribution in [0.5, 0.6) is 0 Å². The zero-order chi connectivity index (χ0) is 12.3. The maximum Gasteiger partial charge on any atom is 0.0671 e. The van der Waals surface area contributed by atoms with Crippen LogP contribution in [0.1, 0.15) is 5.69 Å². The van der Waals surface area contributed by atoms with Gasteiger partial charge in [-0.2, -0.15) is 0 Å². The van der Waals surface area contributed by atoms with Gasteiger partial charge in [-0.25, -0.2) is 0 Å². The van der Waals surface area contributed by atoms with Gasteiger partial charge >= 0.3 is 0 Å². The van der Waals surface area contributed by atoms with Gasteiger partial charge < -0.3 is 5.32 Å². The molecule has 2 aromatic rings. The van der Waals surface area contributed by atoms with Crippen LogP contribution >= 0.6 is 23.2 Å². The molecular weight excluding hydrogens is 255 g/mol. The van der Waals surface area contributed by atoms with E-state index in [1.165, 1.54) is 0 Å². The van der Waals surface area contributed by atoms with Crippen LogP contribution in [0.3, 0.4) is 0 Å². The van der Waals surface area contributed by atoms with Crippen LogP contribution in [-0.4, -0.2) is 12.0 Å². The van der Waals surface area contributed by atoms with Gasteiger partial charge in [-0.05, 0) is 19.2 Å². The number of aromatic nitrogens is 1. The second-order valence-corrected chi connectivity index (χ2v) is 4.46. The quantitative estimate of drug-likeness (QED) is 0.915. The summed E-state index contributed by atoms with van der Waals surface area (Å²) in [5, 5.41) is 4.18. The SMILES string of the molecule is CNCc1ccc(-c2cccc(Cl)c2Cl)cn1. The number of rotatable bonds is 3. The Morgan fingerprint density at radius 1 is 1.18 bits per heavy atom. The molecule has 0 atom stereocenters. The van der Waals surface area contributed by atoms with Crippen molar-refractivity contribution in [3.63, 3.8) is 0 Å². The molecule has 0 saturated heterocycles. The van der Waals surface area contributed by atoms with E-state index in [0.29, 0.717) is 10.0 Å². The molecule has 0 radical (unpaired) electrons. The first-order chi connectivity index (χ1) is 8.22. The molecule has 2 nitrogen and oxygen atoms in total. The zero-order valence-corrected chi connectivity index (χ0v) is 10.9. The molecule has 0 saturated carbocycles. The molecule has 0 aliphatic heterocycles. The van der Waals surface area contributed by atoms with Crippen LogP contribution in [0.4, 0.5) is 0 Å². The third-order valence-electron chi connectivity index (χ3n) is 2.45. The molecule has 1 heterocycles. The van der Waals surface area contributed by atoms with E-state index in [4.69, 9.17) is 23.2 Å². The molecule has 88 valence electrons. The average molecular weight is 267 g/mol. The summed E-state index contributed by atoms with van der Waals surface area (Å²) in [4.78, 5) is 4.35. The van der Waals surface area contributed by atoms with E-state index in [9.17, 15) is 0 Å². The third kappa shape index (κ3) is 2.78. The lowest BCUT2D eigenvalue weighted by Crippen LogP contribution is -2.06. The van der Waals surface area contributed by atoms with Crippen LogP contribution in [0.25, 0.3) is 11.1 Å². The zero-order valence-electron chi connectivity index (χ0n) is 9.37. The fraction of sp³-hybridized carbons (Fsp3) is 0.154. The molecule has 1 aromatic heterocycles. The first-order valence-electron chi connectivity index (χ1n) is 5.26. The van der Waals surface area contributed by atoms with Gasteiger partial charge in [0.15, 0.2) is 0 Å². The van der Waals surface area contributed by atoms with E-state index in [1.807, 2.05) is 37.5 Å². The maximum absolute atomic E-state index is 6.16. The summed E-state index contributed by atoms with van der Waals surface area (Å²) >= 11 is 12.1. The standard InChI is InChI=1S/C13H12Cl2N2/c1-16-8-10-6-5-9(7-17-10)11-3-2-4-12(14)13(11)15/h2-7,16H,8H2,1H3. The van der Waals surface area contributed by atoms with Crippen molar-refractivity contribution in [2.75, 3.05) is 7.05 Å². The van der Waals surface area contributed by atoms with Crippen LogP contribution in [0.15, 0.2) is 36.5 Å². The Kier molecular flexibility index (Phi) is 4.00. The third-order valence-corrected chi connectivity index (χ3v) is 3.26. The van der Waals surface area contributed by atoms with E-state index < -0.39 is 0 Å². The molecule has 0 aliphatic carbocycles. The lowest BCUT2D eigenvalue weighted by Gasteiger charge is -2.06. The van der Waals surface area contributed by atoms with Gasteiger partial charge in [-0.3, -0.25) is 4.98 Å². The Balaban J connectivity index is 2.36. The molecule has 17 heavy (non-hydrogen) atoms. The summed E-state index contributed by atoms with van der Waals surface area (Å²) in [6.07, 6.45) is 1.81. The first-order valence-corrected chi connectivity index (χ1v) is 6.02. The fourth-order valence-corrected chi connectivity index (χ4v) is 2.01. The van der Waals surface area contributed by atoms with Gasteiger partial charge in [-0.1, -0.05) is 41.4 Å². The molecule has 0 spiro atoms. The largest absolute Gasteiger partial charge is 0.314 e. The van der Waals surface area contributed by atoms with Gasteiger partial charge in [0.1, 0.15) is 0 Å². The number of hydrogen-bond acceptors (Lipinski definition) is 2. The molecular formula is C13H12Cl2N2. The maximum atomic E-state index is 6.16. The summed E-state index contributed by atoms with van der Waals surface area (Å²) in [6, 6.07) is 9.56. The lowest BCUT2D eigenvalue weighted by molar-refractivity contribution is 0.791. The van der Waals surface area contributed by atoms with Crippen LogP contribution < -0.4 is 5.32 Å². The highest BCUT2D eigenvalue weighted by Gasteiger charge is 2.06. The van der Waals surface area contributed by atoms with Gasteiger partial charge in [0, 0.05) is 23.9 Å². The highest BCUT2D eigenvalue weighted by molar-refractivity contribution is 6.43.